The Morgan fingerprint density at radius 1 is 0.250 bits per heavy atom. The Balaban J connectivity index is 1.04. The highest BCUT2D eigenvalue weighted by Crippen LogP contribution is 2.47. The largest absolute Gasteiger partial charge is 0.418 e. The molecule has 0 saturated carbocycles. The van der Waals surface area contributed by atoms with Crippen molar-refractivity contribution >= 4 is 43.6 Å². The smallest absolute Gasteiger partial charge is 0.308 e. The number of hydrogen-bond donors (Lipinski definition) is 0. The zero-order valence-corrected chi connectivity index (χ0v) is 45.1. The Morgan fingerprint density at radius 2 is 0.583 bits per heavy atom. The van der Waals surface area contributed by atoms with Crippen molar-refractivity contribution in [3.63, 3.8) is 0 Å². The molecule has 0 atom stereocenters. The molecule has 0 amide bonds. The number of hydrogen-bond acceptors (Lipinski definition) is 3. The molecule has 0 spiro atoms. The Bertz CT molecular complexity index is 4710. The van der Waals surface area contributed by atoms with Crippen LogP contribution in [0, 0.1) is 0 Å². The second-order valence-corrected chi connectivity index (χ2v) is 21.0. The van der Waals surface area contributed by atoms with Gasteiger partial charge in [-0.25, -0.2) is 15.0 Å². The predicted molar refractivity (Wildman–Crippen MR) is 337 cm³/mol. The average molecular weight is 1090 g/mol. The number of alkyl halides is 3. The first-order valence-corrected chi connectivity index (χ1v) is 27.9. The molecule has 15 aromatic rings. The fraction of sp³-hybridized carbons (Fsp3) is 0.0132. The standard InChI is InChI=1S/C76H48F3N5/c77-76(78,79)66-33-19-32-60(72(66)84-69-42-37-57(51-24-11-3-12-25-51)46-64(69)65-47-58(38-43-70(65)84)52-26-13-4-14-27-52)59-34-39-61(75-81-73(53-28-15-5-16-29-53)80-74(82-75)54-30-17-6-18-31-54)71(48-59)83-67-40-35-55(49-20-7-1-8-21-49)44-62(67)63-45-56(36-41-68(63)83)50-22-9-2-10-23-50/h1-48H. The van der Waals surface area contributed by atoms with Crippen LogP contribution >= 0.6 is 0 Å². The van der Waals surface area contributed by atoms with E-state index < -0.39 is 11.7 Å². The lowest BCUT2D eigenvalue weighted by molar-refractivity contribution is -0.137. The molecule has 15 rings (SSSR count). The number of halogens is 3. The van der Waals surface area contributed by atoms with Crippen LogP contribution in [0.2, 0.25) is 0 Å². The molecule has 0 saturated heterocycles. The first-order chi connectivity index (χ1) is 41.3. The third-order valence-electron chi connectivity index (χ3n) is 16.0. The first-order valence-electron chi connectivity index (χ1n) is 27.9. The minimum absolute atomic E-state index is 0.0174. The van der Waals surface area contributed by atoms with E-state index in [1.54, 1.807) is 0 Å². The highest BCUT2D eigenvalue weighted by molar-refractivity contribution is 6.14. The molecular formula is C76H48F3N5. The van der Waals surface area contributed by atoms with E-state index in [-0.39, 0.29) is 5.69 Å². The number of aromatic nitrogens is 5. The van der Waals surface area contributed by atoms with E-state index in [1.807, 2.05) is 187 Å². The van der Waals surface area contributed by atoms with Crippen LogP contribution in [0.3, 0.4) is 0 Å². The van der Waals surface area contributed by atoms with Crippen LogP contribution in [0.15, 0.2) is 291 Å². The van der Waals surface area contributed by atoms with Gasteiger partial charge >= 0.3 is 6.18 Å². The van der Waals surface area contributed by atoms with E-state index in [0.717, 1.165) is 88.2 Å². The summed E-state index contributed by atoms with van der Waals surface area (Å²) in [4.78, 5) is 15.6. The summed E-state index contributed by atoms with van der Waals surface area (Å²) < 4.78 is 52.9. The number of benzene rings is 12. The lowest BCUT2D eigenvalue weighted by Gasteiger charge is -2.22. The second-order valence-electron chi connectivity index (χ2n) is 21.0. The third-order valence-corrected chi connectivity index (χ3v) is 16.0. The van der Waals surface area contributed by atoms with Crippen LogP contribution in [-0.4, -0.2) is 24.1 Å². The number of fused-ring (bicyclic) bond motifs is 6. The Hall–Kier alpha value is -11.0. The number of para-hydroxylation sites is 1. The fourth-order valence-corrected chi connectivity index (χ4v) is 12.0. The van der Waals surface area contributed by atoms with Crippen molar-refractivity contribution in [3.8, 4) is 101 Å². The minimum atomic E-state index is -4.75. The molecule has 8 heteroatoms. The zero-order chi connectivity index (χ0) is 56.3. The van der Waals surface area contributed by atoms with Gasteiger partial charge in [0.2, 0.25) is 0 Å². The van der Waals surface area contributed by atoms with E-state index in [0.29, 0.717) is 50.9 Å². The molecule has 0 fully saturated rings. The van der Waals surface area contributed by atoms with Gasteiger partial charge in [0.25, 0.3) is 0 Å². The topological polar surface area (TPSA) is 48.5 Å². The van der Waals surface area contributed by atoms with Crippen LogP contribution in [0.4, 0.5) is 13.2 Å². The average Bonchev–Trinajstić information content (AvgIpc) is 2.54. The normalized spacial score (nSPS) is 11.8. The molecule has 0 aliphatic rings. The van der Waals surface area contributed by atoms with E-state index in [1.165, 1.54) is 12.1 Å². The molecule has 3 heterocycles. The van der Waals surface area contributed by atoms with Crippen molar-refractivity contribution in [2.45, 2.75) is 6.18 Å². The number of nitrogens with zero attached hydrogens (tertiary/aromatic N) is 5. The van der Waals surface area contributed by atoms with Gasteiger partial charge in [0.15, 0.2) is 17.5 Å². The fourth-order valence-electron chi connectivity index (χ4n) is 12.0. The Kier molecular flexibility index (Phi) is 12.2. The summed E-state index contributed by atoms with van der Waals surface area (Å²) in [7, 11) is 0. The summed E-state index contributed by atoms with van der Waals surface area (Å²) in [5.41, 5.74) is 14.4. The molecule has 0 unspecified atom stereocenters. The van der Waals surface area contributed by atoms with Crippen molar-refractivity contribution in [1.29, 1.82) is 0 Å². The quantitative estimate of drug-likeness (QED) is 0.137. The van der Waals surface area contributed by atoms with Gasteiger partial charge in [-0.3, -0.25) is 0 Å². The van der Waals surface area contributed by atoms with Gasteiger partial charge in [0, 0.05) is 43.8 Å². The summed E-state index contributed by atoms with van der Waals surface area (Å²) in [5, 5.41) is 3.66. The molecular weight excluding hydrogens is 1040 g/mol. The van der Waals surface area contributed by atoms with Crippen molar-refractivity contribution in [1.82, 2.24) is 24.1 Å². The van der Waals surface area contributed by atoms with E-state index in [9.17, 15) is 0 Å². The van der Waals surface area contributed by atoms with Gasteiger partial charge in [-0.2, -0.15) is 13.2 Å². The maximum atomic E-state index is 16.3. The monoisotopic (exact) mass is 1090 g/mol. The van der Waals surface area contributed by atoms with Crippen LogP contribution in [0.25, 0.3) is 145 Å². The SMILES string of the molecule is FC(F)(F)c1cccc(-c2ccc(-c3nc(-c4ccccc4)nc(-c4ccccc4)n3)c(-n3c4ccc(-c5ccccc5)cc4c4cc(-c5ccccc5)ccc43)c2)c1-n1c2ccc(-c3ccccc3)cc2c2cc(-c3ccccc3)ccc21. The van der Waals surface area contributed by atoms with Crippen LogP contribution in [0.5, 0.6) is 0 Å². The maximum absolute atomic E-state index is 16.3. The van der Waals surface area contributed by atoms with E-state index >= 15 is 13.2 Å². The second kappa shape index (κ2) is 20.5. The maximum Gasteiger partial charge on any atom is 0.418 e. The number of rotatable bonds is 10. The zero-order valence-electron chi connectivity index (χ0n) is 45.1. The van der Waals surface area contributed by atoms with Gasteiger partial charge in [0.1, 0.15) is 0 Å². The van der Waals surface area contributed by atoms with Gasteiger partial charge < -0.3 is 9.13 Å². The lowest BCUT2D eigenvalue weighted by atomic mass is 9.96. The molecule has 0 bridgehead atoms. The van der Waals surface area contributed by atoms with Crippen molar-refractivity contribution in [3.05, 3.63) is 297 Å². The Morgan fingerprint density at radius 3 is 0.952 bits per heavy atom. The summed E-state index contributed by atoms with van der Waals surface area (Å²) in [6.45, 7) is 0. The predicted octanol–water partition coefficient (Wildman–Crippen LogP) is 20.4. The molecule has 5 nitrogen and oxygen atoms in total. The molecule has 0 aliphatic carbocycles. The molecule has 12 aromatic carbocycles. The highest BCUT2D eigenvalue weighted by atomic mass is 19.4. The molecule has 0 aliphatic heterocycles. The van der Waals surface area contributed by atoms with Crippen LogP contribution in [-0.2, 0) is 6.18 Å². The van der Waals surface area contributed by atoms with E-state index in [4.69, 9.17) is 15.0 Å². The van der Waals surface area contributed by atoms with Crippen molar-refractivity contribution in [2.75, 3.05) is 0 Å². The molecule has 0 radical (unpaired) electrons. The molecule has 3 aromatic heterocycles. The molecule has 0 N–H and O–H groups in total. The van der Waals surface area contributed by atoms with Crippen LogP contribution in [0.1, 0.15) is 5.56 Å². The third kappa shape index (κ3) is 8.89. The van der Waals surface area contributed by atoms with Gasteiger partial charge in [-0.1, -0.05) is 224 Å². The van der Waals surface area contributed by atoms with Gasteiger partial charge in [-0.15, -0.1) is 0 Å². The van der Waals surface area contributed by atoms with Gasteiger partial charge in [0.05, 0.1) is 39.0 Å². The lowest BCUT2D eigenvalue weighted by Crippen LogP contribution is -2.12. The van der Waals surface area contributed by atoms with Gasteiger partial charge in [-0.05, 0) is 117 Å². The Labute approximate surface area is 482 Å². The minimum Gasteiger partial charge on any atom is -0.308 e. The summed E-state index contributed by atoms with van der Waals surface area (Å²) in [6, 6.07) is 96.1. The molecule has 84 heavy (non-hydrogen) atoms. The van der Waals surface area contributed by atoms with Crippen LogP contribution < -0.4 is 0 Å². The van der Waals surface area contributed by atoms with Crippen molar-refractivity contribution < 1.29 is 13.2 Å². The summed E-state index contributed by atoms with van der Waals surface area (Å²) in [5.74, 6) is 1.36. The summed E-state index contributed by atoms with van der Waals surface area (Å²) in [6.07, 6.45) is -4.75. The highest BCUT2D eigenvalue weighted by Gasteiger charge is 2.36. The molecule has 398 valence electrons. The van der Waals surface area contributed by atoms with E-state index in [2.05, 4.69) is 102 Å². The van der Waals surface area contributed by atoms with Crippen molar-refractivity contribution in [2.24, 2.45) is 0 Å². The summed E-state index contributed by atoms with van der Waals surface area (Å²) >= 11 is 0. The first kappa shape index (κ1) is 50.0.